The summed E-state index contributed by atoms with van der Waals surface area (Å²) in [6, 6.07) is 0.718. The Morgan fingerprint density at radius 2 is 1.79 bits per heavy atom. The molecule has 1 N–H and O–H groups in total. The monoisotopic (exact) mass is 266 g/mol. The largest absolute Gasteiger partial charge is 0.315 e. The van der Waals surface area contributed by atoms with E-state index in [4.69, 9.17) is 0 Å². The Labute approximate surface area is 120 Å². The van der Waals surface area contributed by atoms with E-state index in [-0.39, 0.29) is 0 Å². The SMILES string of the molecule is CC(C)CCNCC(C)N1CCC2CCCCC2C1. The standard InChI is InChI=1S/C17H34N2/c1-14(2)8-10-18-12-15(3)19-11-9-16-6-4-5-7-17(16)13-19/h14-18H,4-13H2,1-3H3. The molecule has 1 saturated heterocycles. The number of fused-ring (bicyclic) bond motifs is 1. The molecule has 2 heteroatoms. The maximum absolute atomic E-state index is 3.64. The lowest BCUT2D eigenvalue weighted by Crippen LogP contribution is -2.49. The van der Waals surface area contributed by atoms with Crippen molar-refractivity contribution in [3.8, 4) is 0 Å². The maximum Gasteiger partial charge on any atom is 0.0192 e. The predicted octanol–water partition coefficient (Wildman–Crippen LogP) is 3.52. The molecule has 0 aromatic heterocycles. The van der Waals surface area contributed by atoms with E-state index < -0.39 is 0 Å². The molecule has 2 fully saturated rings. The lowest BCUT2D eigenvalue weighted by molar-refractivity contribution is 0.0617. The van der Waals surface area contributed by atoms with Gasteiger partial charge in [-0.15, -0.1) is 0 Å². The Morgan fingerprint density at radius 3 is 2.53 bits per heavy atom. The fraction of sp³-hybridized carbons (Fsp3) is 1.00. The number of rotatable bonds is 6. The minimum atomic E-state index is 0.718. The van der Waals surface area contributed by atoms with Gasteiger partial charge in [0.05, 0.1) is 0 Å². The third-order valence-corrected chi connectivity index (χ3v) is 5.28. The number of nitrogens with zero attached hydrogens (tertiary/aromatic N) is 1. The molecule has 0 radical (unpaired) electrons. The van der Waals surface area contributed by atoms with Crippen molar-refractivity contribution in [1.82, 2.24) is 10.2 Å². The second-order valence-corrected chi connectivity index (χ2v) is 7.32. The van der Waals surface area contributed by atoms with E-state index >= 15 is 0 Å². The summed E-state index contributed by atoms with van der Waals surface area (Å²) in [6.45, 7) is 12.1. The van der Waals surface area contributed by atoms with Crippen LogP contribution in [0, 0.1) is 17.8 Å². The fourth-order valence-corrected chi connectivity index (χ4v) is 3.86. The second kappa shape index (κ2) is 7.64. The smallest absolute Gasteiger partial charge is 0.0192 e. The Bertz CT molecular complexity index is 252. The average molecular weight is 266 g/mol. The molecular formula is C17H34N2. The third kappa shape index (κ3) is 4.75. The molecule has 0 aromatic carbocycles. The summed E-state index contributed by atoms with van der Waals surface area (Å²) in [5.41, 5.74) is 0. The van der Waals surface area contributed by atoms with Crippen LogP contribution in [0.5, 0.6) is 0 Å². The zero-order chi connectivity index (χ0) is 13.7. The second-order valence-electron chi connectivity index (χ2n) is 7.32. The third-order valence-electron chi connectivity index (χ3n) is 5.28. The van der Waals surface area contributed by atoms with E-state index in [1.54, 1.807) is 0 Å². The summed E-state index contributed by atoms with van der Waals surface area (Å²) in [5, 5.41) is 3.64. The van der Waals surface area contributed by atoms with E-state index in [2.05, 4.69) is 31.0 Å². The normalized spacial score (nSPS) is 30.3. The molecule has 112 valence electrons. The summed E-state index contributed by atoms with van der Waals surface area (Å²) in [4.78, 5) is 2.74. The molecule has 19 heavy (non-hydrogen) atoms. The molecule has 1 saturated carbocycles. The highest BCUT2D eigenvalue weighted by atomic mass is 15.2. The van der Waals surface area contributed by atoms with Gasteiger partial charge in [0.1, 0.15) is 0 Å². The lowest BCUT2D eigenvalue weighted by Gasteiger charge is -2.43. The summed E-state index contributed by atoms with van der Waals surface area (Å²) in [7, 11) is 0. The van der Waals surface area contributed by atoms with Crippen molar-refractivity contribution in [3.63, 3.8) is 0 Å². The first-order chi connectivity index (χ1) is 9.16. The number of likely N-dealkylation sites (tertiary alicyclic amines) is 1. The van der Waals surface area contributed by atoms with Crippen molar-refractivity contribution in [3.05, 3.63) is 0 Å². The van der Waals surface area contributed by atoms with Gasteiger partial charge >= 0.3 is 0 Å². The topological polar surface area (TPSA) is 15.3 Å². The average Bonchev–Trinajstić information content (AvgIpc) is 2.42. The van der Waals surface area contributed by atoms with Crippen LogP contribution in [0.4, 0.5) is 0 Å². The summed E-state index contributed by atoms with van der Waals surface area (Å²) < 4.78 is 0. The fourth-order valence-electron chi connectivity index (χ4n) is 3.86. The molecule has 1 aliphatic carbocycles. The van der Waals surface area contributed by atoms with Gasteiger partial charge in [-0.05, 0) is 57.0 Å². The summed E-state index contributed by atoms with van der Waals surface area (Å²) in [6.07, 6.45) is 8.75. The van der Waals surface area contributed by atoms with Crippen LogP contribution in [0.25, 0.3) is 0 Å². The molecule has 0 bridgehead atoms. The van der Waals surface area contributed by atoms with E-state index in [1.807, 2.05) is 0 Å². The first-order valence-corrected chi connectivity index (χ1v) is 8.61. The molecule has 3 atom stereocenters. The van der Waals surface area contributed by atoms with Gasteiger partial charge in [0.25, 0.3) is 0 Å². The van der Waals surface area contributed by atoms with Crippen molar-refractivity contribution >= 4 is 0 Å². The van der Waals surface area contributed by atoms with Crippen LogP contribution in [0.15, 0.2) is 0 Å². The number of hydrogen-bond acceptors (Lipinski definition) is 2. The van der Waals surface area contributed by atoms with Crippen LogP contribution in [0.3, 0.4) is 0 Å². The summed E-state index contributed by atoms with van der Waals surface area (Å²) >= 11 is 0. The van der Waals surface area contributed by atoms with Gasteiger partial charge in [0.15, 0.2) is 0 Å². The Morgan fingerprint density at radius 1 is 1.05 bits per heavy atom. The molecule has 3 unspecified atom stereocenters. The first-order valence-electron chi connectivity index (χ1n) is 8.61. The predicted molar refractivity (Wildman–Crippen MR) is 83.4 cm³/mol. The van der Waals surface area contributed by atoms with E-state index in [1.165, 1.54) is 64.7 Å². The molecule has 1 aliphatic heterocycles. The minimum Gasteiger partial charge on any atom is -0.315 e. The molecule has 0 amide bonds. The maximum atomic E-state index is 3.64. The van der Waals surface area contributed by atoms with Gasteiger partial charge in [-0.2, -0.15) is 0 Å². The number of hydrogen-bond donors (Lipinski definition) is 1. The molecule has 0 aromatic rings. The van der Waals surface area contributed by atoms with Gasteiger partial charge in [-0.25, -0.2) is 0 Å². The van der Waals surface area contributed by atoms with Crippen LogP contribution < -0.4 is 5.32 Å². The van der Waals surface area contributed by atoms with Gasteiger partial charge in [0, 0.05) is 19.1 Å². The first kappa shape index (κ1) is 15.3. The Balaban J connectivity index is 1.66. The van der Waals surface area contributed by atoms with Crippen LogP contribution in [0.1, 0.15) is 59.3 Å². The number of nitrogens with one attached hydrogen (secondary N) is 1. The highest BCUT2D eigenvalue weighted by Gasteiger charge is 2.32. The van der Waals surface area contributed by atoms with Crippen LogP contribution >= 0.6 is 0 Å². The quantitative estimate of drug-likeness (QED) is 0.740. The van der Waals surface area contributed by atoms with Gasteiger partial charge in [-0.3, -0.25) is 4.90 Å². The zero-order valence-electron chi connectivity index (χ0n) is 13.3. The van der Waals surface area contributed by atoms with Crippen molar-refractivity contribution in [2.75, 3.05) is 26.2 Å². The lowest BCUT2D eigenvalue weighted by atomic mass is 9.75. The Hall–Kier alpha value is -0.0800. The van der Waals surface area contributed by atoms with Crippen molar-refractivity contribution in [1.29, 1.82) is 0 Å². The highest BCUT2D eigenvalue weighted by Crippen LogP contribution is 2.36. The Kier molecular flexibility index (Phi) is 6.15. The highest BCUT2D eigenvalue weighted by molar-refractivity contribution is 4.85. The van der Waals surface area contributed by atoms with E-state index in [9.17, 15) is 0 Å². The molecule has 2 rings (SSSR count). The molecule has 2 nitrogen and oxygen atoms in total. The zero-order valence-corrected chi connectivity index (χ0v) is 13.3. The van der Waals surface area contributed by atoms with Crippen molar-refractivity contribution < 1.29 is 0 Å². The molecule has 2 aliphatic rings. The van der Waals surface area contributed by atoms with Crippen LogP contribution in [0.2, 0.25) is 0 Å². The van der Waals surface area contributed by atoms with Crippen molar-refractivity contribution in [2.24, 2.45) is 17.8 Å². The van der Waals surface area contributed by atoms with Gasteiger partial charge in [0.2, 0.25) is 0 Å². The van der Waals surface area contributed by atoms with Crippen molar-refractivity contribution in [2.45, 2.75) is 65.3 Å². The van der Waals surface area contributed by atoms with Crippen LogP contribution in [-0.2, 0) is 0 Å². The molecule has 0 spiro atoms. The minimum absolute atomic E-state index is 0.718. The van der Waals surface area contributed by atoms with Crippen LogP contribution in [-0.4, -0.2) is 37.1 Å². The summed E-state index contributed by atoms with van der Waals surface area (Å²) in [5.74, 6) is 2.90. The number of piperidine rings is 1. The van der Waals surface area contributed by atoms with Gasteiger partial charge in [-0.1, -0.05) is 33.1 Å². The molecular weight excluding hydrogens is 232 g/mol. The molecule has 1 heterocycles. The van der Waals surface area contributed by atoms with E-state index in [0.717, 1.165) is 23.8 Å². The van der Waals surface area contributed by atoms with Gasteiger partial charge < -0.3 is 5.32 Å². The van der Waals surface area contributed by atoms with E-state index in [0.29, 0.717) is 0 Å².